The second-order valence-corrected chi connectivity index (χ2v) is 6.09. The first-order valence-electron chi connectivity index (χ1n) is 7.16. The van der Waals surface area contributed by atoms with Gasteiger partial charge < -0.3 is 4.74 Å². The van der Waals surface area contributed by atoms with Crippen molar-refractivity contribution in [2.45, 2.75) is 32.6 Å². The molecule has 1 unspecified atom stereocenters. The maximum atomic E-state index is 6.63. The SMILES string of the molecule is CCCOc1cccc(C(Cl)c2cc(C)c(C)cc2Cl)c1. The van der Waals surface area contributed by atoms with Crippen molar-refractivity contribution in [3.8, 4) is 5.75 Å². The smallest absolute Gasteiger partial charge is 0.119 e. The third kappa shape index (κ3) is 3.93. The van der Waals surface area contributed by atoms with Crippen molar-refractivity contribution in [2.75, 3.05) is 6.61 Å². The van der Waals surface area contributed by atoms with Crippen LogP contribution in [-0.4, -0.2) is 6.61 Å². The van der Waals surface area contributed by atoms with Gasteiger partial charge in [-0.1, -0.05) is 36.7 Å². The van der Waals surface area contributed by atoms with E-state index in [0.29, 0.717) is 11.6 Å². The lowest BCUT2D eigenvalue weighted by molar-refractivity contribution is 0.317. The standard InChI is InChI=1S/C18H20Cl2O/c1-4-8-21-15-7-5-6-14(11-15)18(20)16-9-12(2)13(3)10-17(16)19/h5-7,9-11,18H,4,8H2,1-3H3. The van der Waals surface area contributed by atoms with Crippen LogP contribution in [0.5, 0.6) is 5.75 Å². The van der Waals surface area contributed by atoms with Crippen molar-refractivity contribution < 1.29 is 4.74 Å². The summed E-state index contributed by atoms with van der Waals surface area (Å²) in [7, 11) is 0. The fourth-order valence-electron chi connectivity index (χ4n) is 2.16. The largest absolute Gasteiger partial charge is 0.494 e. The molecule has 0 radical (unpaired) electrons. The van der Waals surface area contributed by atoms with Gasteiger partial charge in [-0.3, -0.25) is 0 Å². The van der Waals surface area contributed by atoms with Crippen molar-refractivity contribution in [2.24, 2.45) is 0 Å². The van der Waals surface area contributed by atoms with Crippen molar-refractivity contribution in [3.63, 3.8) is 0 Å². The molecular formula is C18H20Cl2O. The summed E-state index contributed by atoms with van der Waals surface area (Å²) >= 11 is 13.0. The summed E-state index contributed by atoms with van der Waals surface area (Å²) in [6, 6.07) is 11.9. The Balaban J connectivity index is 2.31. The van der Waals surface area contributed by atoms with Gasteiger partial charge in [-0.25, -0.2) is 0 Å². The number of hydrogen-bond acceptors (Lipinski definition) is 1. The van der Waals surface area contributed by atoms with Crippen molar-refractivity contribution in [1.29, 1.82) is 0 Å². The lowest BCUT2D eigenvalue weighted by Gasteiger charge is -2.15. The normalized spacial score (nSPS) is 12.2. The van der Waals surface area contributed by atoms with E-state index in [1.807, 2.05) is 37.3 Å². The highest BCUT2D eigenvalue weighted by atomic mass is 35.5. The van der Waals surface area contributed by atoms with E-state index >= 15 is 0 Å². The Morgan fingerprint density at radius 1 is 1.10 bits per heavy atom. The number of alkyl halides is 1. The Bertz CT molecular complexity index is 623. The summed E-state index contributed by atoms with van der Waals surface area (Å²) in [5.74, 6) is 0.847. The Labute approximate surface area is 136 Å². The van der Waals surface area contributed by atoms with Crippen LogP contribution >= 0.6 is 23.2 Å². The lowest BCUT2D eigenvalue weighted by Crippen LogP contribution is -1.99. The number of aryl methyl sites for hydroxylation is 2. The minimum atomic E-state index is -0.276. The molecule has 0 aliphatic carbocycles. The van der Waals surface area contributed by atoms with E-state index in [1.54, 1.807) is 0 Å². The number of ether oxygens (including phenoxy) is 1. The summed E-state index contributed by atoms with van der Waals surface area (Å²) in [5.41, 5.74) is 4.30. The van der Waals surface area contributed by atoms with Crippen molar-refractivity contribution >= 4 is 23.2 Å². The zero-order valence-corrected chi connectivity index (χ0v) is 14.1. The van der Waals surface area contributed by atoms with Crippen LogP contribution in [0.25, 0.3) is 0 Å². The molecule has 112 valence electrons. The number of benzene rings is 2. The molecule has 0 fully saturated rings. The third-order valence-electron chi connectivity index (χ3n) is 3.51. The topological polar surface area (TPSA) is 9.23 Å². The molecule has 0 saturated heterocycles. The zero-order valence-electron chi connectivity index (χ0n) is 12.6. The molecule has 0 heterocycles. The summed E-state index contributed by atoms with van der Waals surface area (Å²) in [4.78, 5) is 0. The van der Waals surface area contributed by atoms with Gasteiger partial charge in [0.05, 0.1) is 12.0 Å². The van der Waals surface area contributed by atoms with E-state index in [1.165, 1.54) is 11.1 Å². The number of rotatable bonds is 5. The summed E-state index contributed by atoms with van der Waals surface area (Å²) < 4.78 is 5.66. The molecule has 2 aromatic rings. The van der Waals surface area contributed by atoms with Gasteiger partial charge in [-0.05, 0) is 60.7 Å². The molecule has 0 spiro atoms. The van der Waals surface area contributed by atoms with Crippen LogP contribution in [0.1, 0.15) is 41.0 Å². The van der Waals surface area contributed by atoms with Crippen molar-refractivity contribution in [3.05, 3.63) is 63.7 Å². The molecule has 2 aromatic carbocycles. The first kappa shape index (κ1) is 16.2. The highest BCUT2D eigenvalue weighted by Gasteiger charge is 2.16. The lowest BCUT2D eigenvalue weighted by atomic mass is 9.99. The first-order valence-corrected chi connectivity index (χ1v) is 7.97. The maximum absolute atomic E-state index is 6.63. The minimum Gasteiger partial charge on any atom is -0.494 e. The van der Waals surface area contributed by atoms with Crippen LogP contribution in [-0.2, 0) is 0 Å². The Kier molecular flexibility index (Phi) is 5.55. The Morgan fingerprint density at radius 2 is 1.81 bits per heavy atom. The van der Waals surface area contributed by atoms with E-state index in [9.17, 15) is 0 Å². The minimum absolute atomic E-state index is 0.276. The number of halogens is 2. The van der Waals surface area contributed by atoms with Crippen LogP contribution in [0.2, 0.25) is 5.02 Å². The molecule has 3 heteroatoms. The van der Waals surface area contributed by atoms with E-state index in [4.69, 9.17) is 27.9 Å². The second kappa shape index (κ2) is 7.20. The average Bonchev–Trinajstić information content (AvgIpc) is 2.48. The maximum Gasteiger partial charge on any atom is 0.119 e. The van der Waals surface area contributed by atoms with Gasteiger partial charge in [-0.15, -0.1) is 11.6 Å². The van der Waals surface area contributed by atoms with Crippen LogP contribution in [0, 0.1) is 13.8 Å². The first-order chi connectivity index (χ1) is 10.0. The Hall–Kier alpha value is -1.18. The summed E-state index contributed by atoms with van der Waals surface area (Å²) in [6.07, 6.45) is 0.984. The quantitative estimate of drug-likeness (QED) is 0.606. The van der Waals surface area contributed by atoms with E-state index < -0.39 is 0 Å². The van der Waals surface area contributed by atoms with Gasteiger partial charge in [0.2, 0.25) is 0 Å². The van der Waals surface area contributed by atoms with Gasteiger partial charge in [0.15, 0.2) is 0 Å². The predicted molar refractivity (Wildman–Crippen MR) is 90.9 cm³/mol. The number of hydrogen-bond donors (Lipinski definition) is 0. The molecular weight excluding hydrogens is 303 g/mol. The second-order valence-electron chi connectivity index (χ2n) is 5.24. The third-order valence-corrected chi connectivity index (χ3v) is 4.32. The van der Waals surface area contributed by atoms with Gasteiger partial charge in [0, 0.05) is 5.02 Å². The van der Waals surface area contributed by atoms with E-state index in [2.05, 4.69) is 19.9 Å². The van der Waals surface area contributed by atoms with Crippen LogP contribution in [0.3, 0.4) is 0 Å². The van der Waals surface area contributed by atoms with Crippen molar-refractivity contribution in [1.82, 2.24) is 0 Å². The molecule has 0 aliphatic heterocycles. The monoisotopic (exact) mass is 322 g/mol. The molecule has 1 atom stereocenters. The van der Waals surface area contributed by atoms with Gasteiger partial charge in [-0.2, -0.15) is 0 Å². The molecule has 1 nitrogen and oxygen atoms in total. The Morgan fingerprint density at radius 3 is 2.52 bits per heavy atom. The molecule has 0 saturated carbocycles. The molecule has 0 amide bonds. The van der Waals surface area contributed by atoms with Crippen LogP contribution in [0.15, 0.2) is 36.4 Å². The molecule has 21 heavy (non-hydrogen) atoms. The average molecular weight is 323 g/mol. The van der Waals surface area contributed by atoms with E-state index in [0.717, 1.165) is 23.3 Å². The van der Waals surface area contributed by atoms with Gasteiger partial charge >= 0.3 is 0 Å². The fourth-order valence-corrected chi connectivity index (χ4v) is 2.86. The van der Waals surface area contributed by atoms with Gasteiger partial charge in [0.25, 0.3) is 0 Å². The fraction of sp³-hybridized carbons (Fsp3) is 0.333. The predicted octanol–water partition coefficient (Wildman–Crippen LogP) is 6.07. The molecule has 0 N–H and O–H groups in total. The van der Waals surface area contributed by atoms with E-state index in [-0.39, 0.29) is 5.38 Å². The molecule has 0 aromatic heterocycles. The van der Waals surface area contributed by atoms with Gasteiger partial charge in [0.1, 0.15) is 5.75 Å². The molecule has 2 rings (SSSR count). The summed E-state index contributed by atoms with van der Waals surface area (Å²) in [5, 5.41) is 0.431. The molecule has 0 aliphatic rings. The highest BCUT2D eigenvalue weighted by molar-refractivity contribution is 6.33. The zero-order chi connectivity index (χ0) is 15.4. The highest BCUT2D eigenvalue weighted by Crippen LogP contribution is 2.36. The molecule has 0 bridgehead atoms. The van der Waals surface area contributed by atoms with Crippen LogP contribution in [0.4, 0.5) is 0 Å². The summed E-state index contributed by atoms with van der Waals surface area (Å²) in [6.45, 7) is 6.91. The van der Waals surface area contributed by atoms with Crippen LogP contribution < -0.4 is 4.74 Å².